The molecule has 7 amide bonds. The van der Waals surface area contributed by atoms with E-state index >= 15 is 0 Å². The van der Waals surface area contributed by atoms with E-state index in [1.807, 2.05) is 72.6 Å². The fourth-order valence-corrected chi connectivity index (χ4v) is 14.4. The van der Waals surface area contributed by atoms with Gasteiger partial charge in [-0.2, -0.15) is 5.26 Å². The lowest BCUT2D eigenvalue weighted by molar-refractivity contribution is -0.133. The maximum absolute atomic E-state index is 12.5. The van der Waals surface area contributed by atoms with Gasteiger partial charge in [0.25, 0.3) is 0 Å². The van der Waals surface area contributed by atoms with Gasteiger partial charge in [-0.3, -0.25) is 33.6 Å². The Balaban J connectivity index is -0.000000227. The summed E-state index contributed by atoms with van der Waals surface area (Å²) >= 11 is 5.72. The van der Waals surface area contributed by atoms with Gasteiger partial charge in [0.15, 0.2) is 0 Å². The van der Waals surface area contributed by atoms with Gasteiger partial charge in [-0.15, -0.1) is 0 Å². The van der Waals surface area contributed by atoms with Gasteiger partial charge in [-0.05, 0) is 248 Å². The van der Waals surface area contributed by atoms with Gasteiger partial charge in [-0.25, -0.2) is 4.39 Å². The molecule has 0 bridgehead atoms. The van der Waals surface area contributed by atoms with Gasteiger partial charge in [0.2, 0.25) is 41.4 Å². The minimum Gasteiger partial charge on any atom is -0.386 e. The van der Waals surface area contributed by atoms with Gasteiger partial charge in [0.1, 0.15) is 11.6 Å². The Morgan fingerprint density at radius 3 is 1.13 bits per heavy atom. The molecule has 4 N–H and O–H groups in total. The Bertz CT molecular complexity index is 3380. The smallest absolute Gasteiger partial charge is 0.224 e. The third-order valence-corrected chi connectivity index (χ3v) is 23.0. The molecule has 21 heteroatoms. The van der Waals surface area contributed by atoms with Crippen molar-refractivity contribution in [3.05, 3.63) is 96.2 Å². The lowest BCUT2D eigenvalue weighted by Crippen LogP contribution is -2.38. The number of hydrogen-bond donors (Lipinski definition) is 4. The number of allylic oxidation sites excluding steroid dienone is 3. The van der Waals surface area contributed by atoms with Crippen LogP contribution in [0.2, 0.25) is 5.02 Å². The zero-order valence-corrected chi connectivity index (χ0v) is 96.5. The number of nitrogens with zero attached hydrogens (tertiary/aromatic N) is 7. The van der Waals surface area contributed by atoms with Crippen LogP contribution in [0.15, 0.2) is 85.4 Å². The monoisotopic (exact) mass is 1990 g/mol. The molecular weight excluding hydrogens is 1770 g/mol. The molecule has 4 aliphatic rings. The summed E-state index contributed by atoms with van der Waals surface area (Å²) in [6, 6.07) is 16.7. The number of amides is 7. The lowest BCUT2D eigenvalue weighted by atomic mass is 9.94. The van der Waals surface area contributed by atoms with E-state index in [4.69, 9.17) is 16.9 Å². The third-order valence-electron chi connectivity index (χ3n) is 22.7. The van der Waals surface area contributed by atoms with Crippen LogP contribution in [-0.2, 0) is 38.4 Å². The first kappa shape index (κ1) is 148. The summed E-state index contributed by atoms with van der Waals surface area (Å²) in [7, 11) is 13.6. The lowest BCUT2D eigenvalue weighted by Gasteiger charge is -2.31. The maximum atomic E-state index is 12.5. The second-order valence-electron chi connectivity index (χ2n) is 44.5. The molecule has 140 heavy (non-hydrogen) atoms. The van der Waals surface area contributed by atoms with Crippen molar-refractivity contribution in [3.63, 3.8) is 0 Å². The fraction of sp³-hybridized carbons (Fsp3) is 0.773. The molecule has 818 valence electrons. The average molecular weight is 1990 g/mol. The van der Waals surface area contributed by atoms with E-state index in [1.54, 1.807) is 67.2 Å². The minimum absolute atomic E-state index is 0. The highest BCUT2D eigenvalue weighted by Crippen LogP contribution is 2.25. The number of anilines is 2. The maximum Gasteiger partial charge on any atom is 0.224 e. The number of carbonyl (C=O) groups is 8. The molecule has 0 radical (unpaired) electrons. The standard InChI is InChI=1S/2C12H23NO.C12H25N.C11H14ClNO.C11H14FNO.C11H21NO.C11H21N.2C8H17NO.C8H17N.C7H14O.C6H11N.2CH4/c1-10(2)9-12(14)13(3)11-7-5-4-6-8-11;1-11(2)7-6-8-12(14)13-9-4-3-5-10-13;1-10(2)7-8-13(6)12(5)9-11(3)4;2*1-8(2)7-11(14)13-10-5-3-9(12)4-6-10;1-9(2)8-11(13)12-10-6-4-3-5-7-10;1-9(2)8-10(3)12-11-6-4-5-7-11;1-7(2)5-6-8(10)9(3)4;1-5-9(4)8(10)6-7(2)3;1-7(2)6-8(3)9(4)5;1-6(2)4-5-7(3)8;1-6(2)4-3-5-7;;/h10-11H,4-9H2,1-3H3;11H,3-10H2,1-2H3;10-11H,5,7-9H2,1-4,6H3;2*3-6,8H,7H2,1-2H3,(H,13,14);9-10H,3-8H2,1-2H3,(H,12,13);9,11-12H,3-8H2,1-2H3;2*7H,5-6H2,1-4H3;7H,3,6H2,1-2,4-5H3;6H,4-5H2,1-3H3;6H,3-4H2,1-2H3;2*1H4. The third kappa shape index (κ3) is 102. The Kier molecular flexibility index (Phi) is 98.2. The van der Waals surface area contributed by atoms with Crippen LogP contribution < -0.4 is 21.3 Å². The molecule has 4 fully saturated rings. The van der Waals surface area contributed by atoms with E-state index in [-0.39, 0.29) is 50.2 Å². The summed E-state index contributed by atoms with van der Waals surface area (Å²) in [4.78, 5) is 102. The number of nitriles is 1. The number of hydrogen-bond acceptors (Lipinski definition) is 12. The molecule has 1 saturated heterocycles. The summed E-state index contributed by atoms with van der Waals surface area (Å²) in [5.74, 6) is 9.22. The van der Waals surface area contributed by atoms with Crippen LogP contribution >= 0.6 is 11.6 Å². The zero-order chi connectivity index (χ0) is 107. The molecule has 1 heterocycles. The second-order valence-corrected chi connectivity index (χ2v) is 45.0. The Morgan fingerprint density at radius 1 is 0.407 bits per heavy atom. The van der Waals surface area contributed by atoms with Gasteiger partial charge in [0, 0.05) is 185 Å². The van der Waals surface area contributed by atoms with Gasteiger partial charge >= 0.3 is 0 Å². The Labute approximate surface area is 869 Å². The summed E-state index contributed by atoms with van der Waals surface area (Å²) in [6.07, 6.45) is 37.7. The van der Waals surface area contributed by atoms with Crippen molar-refractivity contribution >= 4 is 70.1 Å². The van der Waals surface area contributed by atoms with E-state index in [2.05, 4.69) is 216 Å². The van der Waals surface area contributed by atoms with Crippen LogP contribution in [0.3, 0.4) is 0 Å². The van der Waals surface area contributed by atoms with Crippen LogP contribution in [0, 0.1) is 94.1 Å². The Hall–Kier alpha value is -7.27. The molecular formula is C119H225ClFN11O8. The highest BCUT2D eigenvalue weighted by Gasteiger charge is 2.24. The summed E-state index contributed by atoms with van der Waals surface area (Å²) in [5, 5.41) is 20.9. The zero-order valence-electron chi connectivity index (χ0n) is 95.7. The largest absolute Gasteiger partial charge is 0.386 e. The van der Waals surface area contributed by atoms with Crippen LogP contribution in [0.1, 0.15) is 433 Å². The normalized spacial score (nSPS) is 13.1. The first-order valence-corrected chi connectivity index (χ1v) is 54.1. The number of nitrogens with one attached hydrogen (secondary N) is 4. The molecule has 3 aliphatic carbocycles. The van der Waals surface area contributed by atoms with E-state index in [0.717, 1.165) is 119 Å². The molecule has 0 aromatic heterocycles. The van der Waals surface area contributed by atoms with Crippen molar-refractivity contribution in [2.75, 3.05) is 86.1 Å². The van der Waals surface area contributed by atoms with E-state index < -0.39 is 0 Å². The predicted octanol–water partition coefficient (Wildman–Crippen LogP) is 31.2. The van der Waals surface area contributed by atoms with E-state index in [0.29, 0.717) is 139 Å². The minimum atomic E-state index is -0.299. The average Bonchev–Trinajstić information content (AvgIpc) is 0.979. The van der Waals surface area contributed by atoms with Crippen LogP contribution in [0.4, 0.5) is 15.8 Å². The first-order chi connectivity index (χ1) is 64.3. The highest BCUT2D eigenvalue weighted by atomic mass is 35.5. The predicted molar refractivity (Wildman–Crippen MR) is 607 cm³/mol. The van der Waals surface area contributed by atoms with Crippen molar-refractivity contribution in [1.82, 2.24) is 40.0 Å². The number of carbonyl (C=O) groups excluding carboxylic acids is 8. The number of piperidine rings is 1. The summed E-state index contributed by atoms with van der Waals surface area (Å²) in [6.45, 7) is 75.2. The van der Waals surface area contributed by atoms with Crippen molar-refractivity contribution in [1.29, 1.82) is 5.26 Å². The highest BCUT2D eigenvalue weighted by molar-refractivity contribution is 6.30. The van der Waals surface area contributed by atoms with E-state index in [1.165, 1.54) is 151 Å². The van der Waals surface area contributed by atoms with Crippen LogP contribution in [-0.4, -0.2) is 170 Å². The summed E-state index contributed by atoms with van der Waals surface area (Å²) in [5.41, 5.74) is 5.15. The number of ketones is 1. The SMILES string of the molecule is C.C.C=C(CC(C)C)N(C)C.C=C(CC(C)C)N(C)CCC(C)C.C=C(CC(C)C)NC1CCCC1.CC(=O)CCC(C)C.CC(C)CC(=O)N(C)C1CCCCC1.CC(C)CC(=O)NC1CCCCC1.CC(C)CC(=O)Nc1ccc(Cl)cc1.CC(C)CC(=O)Nc1ccc(F)cc1.CC(C)CCC#N.CC(C)CCC(=O)N(C)C.CC(C)CCCC(=O)N1CCCCC1.CCN(C)C(=O)CC(C)C. The van der Waals surface area contributed by atoms with Crippen molar-refractivity contribution in [3.8, 4) is 6.07 Å². The molecule has 19 nitrogen and oxygen atoms in total. The number of likely N-dealkylation sites (tertiary alicyclic amines) is 1. The molecule has 0 unspecified atom stereocenters. The van der Waals surface area contributed by atoms with Gasteiger partial charge in [0.05, 0.1) is 6.07 Å². The molecule has 2 aromatic carbocycles. The molecule has 0 spiro atoms. The number of rotatable bonds is 40. The molecule has 2 aromatic rings. The molecule has 0 atom stereocenters. The second kappa shape index (κ2) is 92.8. The quantitative estimate of drug-likeness (QED) is 0.0489. The van der Waals surface area contributed by atoms with E-state index in [9.17, 15) is 42.7 Å². The Morgan fingerprint density at radius 2 is 0.771 bits per heavy atom. The van der Waals surface area contributed by atoms with Crippen LogP contribution in [0.25, 0.3) is 0 Å². The summed E-state index contributed by atoms with van der Waals surface area (Å²) < 4.78 is 12.5. The molecule has 1 aliphatic heterocycles. The van der Waals surface area contributed by atoms with Gasteiger partial charge in [-0.1, -0.05) is 284 Å². The topological polar surface area (TPSA) is 228 Å². The van der Waals surface area contributed by atoms with Crippen molar-refractivity contribution in [2.24, 2.45) is 76.9 Å². The van der Waals surface area contributed by atoms with Crippen molar-refractivity contribution < 1.29 is 42.7 Å². The first-order valence-electron chi connectivity index (χ1n) is 53.7. The molecule has 3 saturated carbocycles. The van der Waals surface area contributed by atoms with Crippen molar-refractivity contribution in [2.45, 2.75) is 452 Å². The number of benzene rings is 2. The number of halogens is 2. The number of Topliss-reactive ketones (excluding diaryl/α,β-unsaturated/α-hetero) is 1. The van der Waals surface area contributed by atoms with Gasteiger partial charge < -0.3 is 55.5 Å². The van der Waals surface area contributed by atoms with Crippen LogP contribution in [0.5, 0.6) is 0 Å². The molecule has 6 rings (SSSR count). The fourth-order valence-electron chi connectivity index (χ4n) is 14.2.